The molecule has 0 aliphatic carbocycles. The van der Waals surface area contributed by atoms with Crippen LogP contribution in [-0.2, 0) is 13.0 Å². The Balaban J connectivity index is 1.63. The van der Waals surface area contributed by atoms with E-state index in [1.807, 2.05) is 23.1 Å². The number of carbonyl (C=O) groups excluding carboxylic acids is 1. The molecule has 0 spiro atoms. The number of hydrogen-bond donors (Lipinski definition) is 1. The molecule has 1 aliphatic rings. The van der Waals surface area contributed by atoms with Crippen LogP contribution in [0.1, 0.15) is 21.6 Å². The van der Waals surface area contributed by atoms with Crippen LogP contribution in [0.15, 0.2) is 37.1 Å². The predicted octanol–water partition coefficient (Wildman–Crippen LogP) is 1.55. The van der Waals surface area contributed by atoms with Crippen molar-refractivity contribution in [3.05, 3.63) is 53.9 Å². The molecule has 6 heteroatoms. The molecule has 0 bridgehead atoms. The molecular formula is C15H13N5O. The second kappa shape index (κ2) is 4.66. The van der Waals surface area contributed by atoms with Crippen molar-refractivity contribution in [2.45, 2.75) is 13.0 Å². The summed E-state index contributed by atoms with van der Waals surface area (Å²) < 4.78 is 0. The van der Waals surface area contributed by atoms with Gasteiger partial charge >= 0.3 is 0 Å². The number of aromatic nitrogens is 4. The lowest BCUT2D eigenvalue weighted by Gasteiger charge is -2.27. The SMILES string of the molecule is O=C(c1ccc2nc[nH]c2c1)N1CCc2ncncc2C1. The van der Waals surface area contributed by atoms with Crippen molar-refractivity contribution >= 4 is 16.9 Å². The molecule has 0 fully saturated rings. The number of rotatable bonds is 1. The number of benzene rings is 1. The third-order valence-electron chi connectivity index (χ3n) is 3.82. The van der Waals surface area contributed by atoms with Crippen molar-refractivity contribution in [3.63, 3.8) is 0 Å². The standard InChI is InChI=1S/C15H13N5O/c21-15(10-1-2-13-14(5-10)19-9-18-13)20-4-3-12-11(7-20)6-16-8-17-12/h1-2,5-6,8-9H,3-4,7H2,(H,18,19). The molecule has 0 saturated heterocycles. The zero-order valence-corrected chi connectivity index (χ0v) is 11.3. The van der Waals surface area contributed by atoms with Gasteiger partial charge in [0.25, 0.3) is 5.91 Å². The Hall–Kier alpha value is -2.76. The maximum absolute atomic E-state index is 12.6. The van der Waals surface area contributed by atoms with Gasteiger partial charge in [-0.2, -0.15) is 0 Å². The third-order valence-corrected chi connectivity index (χ3v) is 3.82. The summed E-state index contributed by atoms with van der Waals surface area (Å²) in [6.45, 7) is 1.25. The molecule has 104 valence electrons. The van der Waals surface area contributed by atoms with Crippen molar-refractivity contribution in [1.82, 2.24) is 24.8 Å². The Morgan fingerprint density at radius 1 is 1.29 bits per heavy atom. The third kappa shape index (κ3) is 2.05. The van der Waals surface area contributed by atoms with Gasteiger partial charge in [0.05, 0.1) is 23.1 Å². The molecule has 21 heavy (non-hydrogen) atoms. The summed E-state index contributed by atoms with van der Waals surface area (Å²) in [5, 5.41) is 0. The van der Waals surface area contributed by atoms with E-state index in [2.05, 4.69) is 19.9 Å². The zero-order valence-electron chi connectivity index (χ0n) is 11.3. The minimum atomic E-state index is 0.0287. The number of H-pyrrole nitrogens is 1. The van der Waals surface area contributed by atoms with Gasteiger partial charge in [-0.3, -0.25) is 4.79 Å². The zero-order chi connectivity index (χ0) is 14.2. The van der Waals surface area contributed by atoms with Crippen LogP contribution in [0, 0.1) is 0 Å². The van der Waals surface area contributed by atoms with Crippen molar-refractivity contribution in [2.24, 2.45) is 0 Å². The number of carbonyl (C=O) groups is 1. The van der Waals surface area contributed by atoms with Gasteiger partial charge in [0.15, 0.2) is 0 Å². The number of fused-ring (bicyclic) bond motifs is 2. The number of amides is 1. The summed E-state index contributed by atoms with van der Waals surface area (Å²) >= 11 is 0. The van der Waals surface area contributed by atoms with Crippen molar-refractivity contribution in [3.8, 4) is 0 Å². The monoisotopic (exact) mass is 279 g/mol. The highest BCUT2D eigenvalue weighted by molar-refractivity contribution is 5.97. The van der Waals surface area contributed by atoms with E-state index >= 15 is 0 Å². The smallest absolute Gasteiger partial charge is 0.254 e. The Bertz CT molecular complexity index is 826. The molecule has 3 aromatic rings. The summed E-state index contributed by atoms with van der Waals surface area (Å²) in [7, 11) is 0. The molecule has 2 aromatic heterocycles. The number of imidazole rings is 1. The van der Waals surface area contributed by atoms with E-state index in [4.69, 9.17) is 0 Å². The van der Waals surface area contributed by atoms with Gasteiger partial charge in [-0.05, 0) is 18.2 Å². The molecule has 3 heterocycles. The second-order valence-electron chi connectivity index (χ2n) is 5.11. The van der Waals surface area contributed by atoms with E-state index in [1.165, 1.54) is 0 Å². The maximum Gasteiger partial charge on any atom is 0.254 e. The fraction of sp³-hybridized carbons (Fsp3) is 0.200. The highest BCUT2D eigenvalue weighted by Crippen LogP contribution is 2.19. The summed E-state index contributed by atoms with van der Waals surface area (Å²) in [5.74, 6) is 0.0287. The summed E-state index contributed by atoms with van der Waals surface area (Å²) in [6, 6.07) is 5.53. The lowest BCUT2D eigenvalue weighted by Crippen LogP contribution is -2.36. The minimum Gasteiger partial charge on any atom is -0.345 e. The number of aromatic amines is 1. The first kappa shape index (κ1) is 12.0. The number of nitrogens with one attached hydrogen (secondary N) is 1. The van der Waals surface area contributed by atoms with Crippen LogP contribution < -0.4 is 0 Å². The van der Waals surface area contributed by atoms with Gasteiger partial charge in [-0.1, -0.05) is 0 Å². The van der Waals surface area contributed by atoms with Gasteiger partial charge in [0.1, 0.15) is 6.33 Å². The fourth-order valence-corrected chi connectivity index (χ4v) is 2.69. The predicted molar refractivity (Wildman–Crippen MR) is 76.6 cm³/mol. The van der Waals surface area contributed by atoms with E-state index in [-0.39, 0.29) is 5.91 Å². The normalized spacial score (nSPS) is 14.2. The lowest BCUT2D eigenvalue weighted by atomic mass is 10.1. The van der Waals surface area contributed by atoms with E-state index in [9.17, 15) is 4.79 Å². The van der Waals surface area contributed by atoms with Crippen LogP contribution >= 0.6 is 0 Å². The average molecular weight is 279 g/mol. The van der Waals surface area contributed by atoms with Crippen LogP contribution in [-0.4, -0.2) is 37.3 Å². The molecule has 0 unspecified atom stereocenters. The topological polar surface area (TPSA) is 74.8 Å². The van der Waals surface area contributed by atoms with Crippen LogP contribution in [0.4, 0.5) is 0 Å². The average Bonchev–Trinajstić information content (AvgIpc) is 3.01. The van der Waals surface area contributed by atoms with Gasteiger partial charge in [0, 0.05) is 36.8 Å². The van der Waals surface area contributed by atoms with E-state index in [1.54, 1.807) is 18.9 Å². The highest BCUT2D eigenvalue weighted by Gasteiger charge is 2.22. The Kier molecular flexibility index (Phi) is 2.67. The van der Waals surface area contributed by atoms with Gasteiger partial charge < -0.3 is 9.88 Å². The Labute approximate surface area is 120 Å². The maximum atomic E-state index is 12.6. The second-order valence-corrected chi connectivity index (χ2v) is 5.11. The number of hydrogen-bond acceptors (Lipinski definition) is 4. The van der Waals surface area contributed by atoms with Crippen LogP contribution in [0.5, 0.6) is 0 Å². The molecule has 1 N–H and O–H groups in total. The van der Waals surface area contributed by atoms with E-state index in [0.29, 0.717) is 18.7 Å². The molecule has 0 saturated carbocycles. The minimum absolute atomic E-state index is 0.0287. The largest absolute Gasteiger partial charge is 0.345 e. The molecule has 4 rings (SSSR count). The molecule has 1 aromatic carbocycles. The van der Waals surface area contributed by atoms with Gasteiger partial charge in [-0.15, -0.1) is 0 Å². The quantitative estimate of drug-likeness (QED) is 0.733. The first-order chi connectivity index (χ1) is 10.3. The fourth-order valence-electron chi connectivity index (χ4n) is 2.69. The van der Waals surface area contributed by atoms with E-state index in [0.717, 1.165) is 28.7 Å². The Morgan fingerprint density at radius 3 is 3.19 bits per heavy atom. The highest BCUT2D eigenvalue weighted by atomic mass is 16.2. The van der Waals surface area contributed by atoms with E-state index < -0.39 is 0 Å². The molecule has 1 aliphatic heterocycles. The van der Waals surface area contributed by atoms with Crippen molar-refractivity contribution in [2.75, 3.05) is 6.54 Å². The summed E-state index contributed by atoms with van der Waals surface area (Å²) in [5.41, 5.74) is 4.48. The molecule has 6 nitrogen and oxygen atoms in total. The summed E-state index contributed by atoms with van der Waals surface area (Å²) in [4.78, 5) is 30.0. The number of nitrogens with zero attached hydrogens (tertiary/aromatic N) is 4. The first-order valence-electron chi connectivity index (χ1n) is 6.81. The van der Waals surface area contributed by atoms with Crippen LogP contribution in [0.25, 0.3) is 11.0 Å². The van der Waals surface area contributed by atoms with Crippen LogP contribution in [0.3, 0.4) is 0 Å². The first-order valence-corrected chi connectivity index (χ1v) is 6.81. The Morgan fingerprint density at radius 2 is 2.24 bits per heavy atom. The molecule has 0 radical (unpaired) electrons. The van der Waals surface area contributed by atoms with Crippen molar-refractivity contribution in [1.29, 1.82) is 0 Å². The van der Waals surface area contributed by atoms with Crippen molar-refractivity contribution < 1.29 is 4.79 Å². The molecule has 0 atom stereocenters. The van der Waals surface area contributed by atoms with Crippen LogP contribution in [0.2, 0.25) is 0 Å². The molecular weight excluding hydrogens is 266 g/mol. The molecule has 1 amide bonds. The summed E-state index contributed by atoms with van der Waals surface area (Å²) in [6.07, 6.45) is 5.76. The van der Waals surface area contributed by atoms with Gasteiger partial charge in [-0.25, -0.2) is 15.0 Å². The lowest BCUT2D eigenvalue weighted by molar-refractivity contribution is 0.0733. The van der Waals surface area contributed by atoms with Gasteiger partial charge in [0.2, 0.25) is 0 Å².